The zero-order chi connectivity index (χ0) is 16.5. The van der Waals surface area contributed by atoms with Crippen molar-refractivity contribution in [3.05, 3.63) is 71.3 Å². The summed E-state index contributed by atoms with van der Waals surface area (Å²) in [7, 11) is 0. The minimum atomic E-state index is 0.470. The summed E-state index contributed by atoms with van der Waals surface area (Å²) >= 11 is 6.18. The van der Waals surface area contributed by atoms with E-state index in [4.69, 9.17) is 21.1 Å². The third-order valence-corrected chi connectivity index (χ3v) is 3.74. The average molecular weight is 333 g/mol. The molecule has 2 N–H and O–H groups in total. The maximum Gasteiger partial charge on any atom is 0.161 e. The monoisotopic (exact) mass is 332 g/mol. The van der Waals surface area contributed by atoms with Crippen LogP contribution in [0.15, 0.2) is 55.1 Å². The number of hydrogen-bond donors (Lipinski definition) is 1. The summed E-state index contributed by atoms with van der Waals surface area (Å²) in [6, 6.07) is 14.0. The van der Waals surface area contributed by atoms with Gasteiger partial charge < -0.3 is 14.8 Å². The highest BCUT2D eigenvalue weighted by Crippen LogP contribution is 2.28. The topological polar surface area (TPSA) is 35.1 Å². The van der Waals surface area contributed by atoms with E-state index in [1.165, 1.54) is 5.56 Å². The lowest BCUT2D eigenvalue weighted by molar-refractivity contribution is -0.686. The summed E-state index contributed by atoms with van der Waals surface area (Å²) in [6.07, 6.45) is 1.72. The molecular formula is C19H23ClNO2+. The highest BCUT2D eigenvalue weighted by molar-refractivity contribution is 6.31. The summed E-state index contributed by atoms with van der Waals surface area (Å²) in [4.78, 5) is 0. The molecule has 0 atom stereocenters. The number of ether oxygens (including phenoxy) is 2. The number of nitrogens with two attached hydrogens (primary N) is 1. The Morgan fingerprint density at radius 1 is 1.09 bits per heavy atom. The van der Waals surface area contributed by atoms with Gasteiger partial charge in [0, 0.05) is 16.1 Å². The molecule has 0 heterocycles. The Morgan fingerprint density at radius 2 is 1.91 bits per heavy atom. The molecule has 0 aliphatic heterocycles. The molecule has 0 bridgehead atoms. The molecule has 0 saturated heterocycles. The van der Waals surface area contributed by atoms with E-state index in [1.54, 1.807) is 6.08 Å². The Labute approximate surface area is 142 Å². The van der Waals surface area contributed by atoms with Gasteiger partial charge in [-0.3, -0.25) is 0 Å². The molecule has 4 heteroatoms. The third kappa shape index (κ3) is 5.31. The van der Waals surface area contributed by atoms with Crippen LogP contribution in [0.5, 0.6) is 11.5 Å². The summed E-state index contributed by atoms with van der Waals surface area (Å²) in [6.45, 7) is 8.41. The first-order chi connectivity index (χ1) is 11.2. The van der Waals surface area contributed by atoms with E-state index in [9.17, 15) is 0 Å². The predicted molar refractivity (Wildman–Crippen MR) is 94.1 cm³/mol. The molecule has 2 aromatic carbocycles. The Balaban J connectivity index is 1.98. The van der Waals surface area contributed by atoms with Crippen LogP contribution in [0, 0.1) is 0 Å². The van der Waals surface area contributed by atoms with Crippen molar-refractivity contribution < 1.29 is 14.8 Å². The lowest BCUT2D eigenvalue weighted by Gasteiger charge is -2.12. The number of quaternary nitrogens is 1. The molecule has 3 nitrogen and oxygen atoms in total. The standard InChI is InChI=1S/C19H22ClNO2/c1-3-11-23-18-10-9-15(12-19(18)22-4-2)13-21-14-16-7-5-6-8-17(16)20/h3,5-10,12,21H,1,4,11,13-14H2,2H3/p+1. The average Bonchev–Trinajstić information content (AvgIpc) is 2.56. The molecule has 122 valence electrons. The van der Waals surface area contributed by atoms with Crippen LogP contribution in [-0.4, -0.2) is 13.2 Å². The molecule has 0 fully saturated rings. The molecular weight excluding hydrogens is 310 g/mol. The van der Waals surface area contributed by atoms with Crippen LogP contribution >= 0.6 is 11.6 Å². The van der Waals surface area contributed by atoms with Crippen LogP contribution in [0.4, 0.5) is 0 Å². The molecule has 0 saturated carbocycles. The zero-order valence-electron chi connectivity index (χ0n) is 13.4. The number of hydrogen-bond acceptors (Lipinski definition) is 2. The molecule has 0 radical (unpaired) electrons. The first-order valence-corrected chi connectivity index (χ1v) is 8.17. The summed E-state index contributed by atoms with van der Waals surface area (Å²) in [5.41, 5.74) is 2.33. The van der Waals surface area contributed by atoms with Gasteiger partial charge in [-0.2, -0.15) is 0 Å². The third-order valence-electron chi connectivity index (χ3n) is 3.37. The molecule has 2 rings (SSSR count). The fraction of sp³-hybridized carbons (Fsp3) is 0.263. The molecule has 0 unspecified atom stereocenters. The second kappa shape index (κ2) is 9.23. The van der Waals surface area contributed by atoms with Gasteiger partial charge in [-0.15, -0.1) is 0 Å². The van der Waals surface area contributed by atoms with Gasteiger partial charge in [-0.25, -0.2) is 0 Å². The highest BCUT2D eigenvalue weighted by Gasteiger charge is 2.08. The Morgan fingerprint density at radius 3 is 2.65 bits per heavy atom. The molecule has 23 heavy (non-hydrogen) atoms. The van der Waals surface area contributed by atoms with Crippen molar-refractivity contribution in [2.45, 2.75) is 20.0 Å². The lowest BCUT2D eigenvalue weighted by Crippen LogP contribution is -2.80. The summed E-state index contributed by atoms with van der Waals surface area (Å²) in [5, 5.41) is 3.03. The van der Waals surface area contributed by atoms with E-state index in [0.29, 0.717) is 13.2 Å². The van der Waals surface area contributed by atoms with Crippen LogP contribution in [0.1, 0.15) is 18.1 Å². The van der Waals surface area contributed by atoms with E-state index in [1.807, 2.05) is 37.3 Å². The van der Waals surface area contributed by atoms with E-state index in [-0.39, 0.29) is 0 Å². The molecule has 0 spiro atoms. The van der Waals surface area contributed by atoms with Crippen molar-refractivity contribution in [2.24, 2.45) is 0 Å². The van der Waals surface area contributed by atoms with Crippen LogP contribution in [-0.2, 0) is 13.1 Å². The molecule has 0 amide bonds. The van der Waals surface area contributed by atoms with Gasteiger partial charge in [0.1, 0.15) is 19.7 Å². The number of benzene rings is 2. The molecule has 0 aliphatic carbocycles. The van der Waals surface area contributed by atoms with Gasteiger partial charge >= 0.3 is 0 Å². The van der Waals surface area contributed by atoms with Crippen molar-refractivity contribution in [1.29, 1.82) is 0 Å². The largest absolute Gasteiger partial charge is 0.490 e. The van der Waals surface area contributed by atoms with Crippen molar-refractivity contribution in [3.8, 4) is 11.5 Å². The smallest absolute Gasteiger partial charge is 0.161 e. The SMILES string of the molecule is C=CCOc1ccc(C[NH2+]Cc2ccccc2Cl)cc1OCC. The second-order valence-corrected chi connectivity index (χ2v) is 5.51. The summed E-state index contributed by atoms with van der Waals surface area (Å²) in [5.74, 6) is 1.53. The Bertz CT molecular complexity index is 643. The van der Waals surface area contributed by atoms with Gasteiger partial charge in [0.2, 0.25) is 0 Å². The van der Waals surface area contributed by atoms with E-state index in [2.05, 4.69) is 24.0 Å². The van der Waals surface area contributed by atoms with Crippen molar-refractivity contribution in [2.75, 3.05) is 13.2 Å². The zero-order valence-corrected chi connectivity index (χ0v) is 14.2. The second-order valence-electron chi connectivity index (χ2n) is 5.10. The molecule has 0 aliphatic rings. The quantitative estimate of drug-likeness (QED) is 0.712. The molecule has 0 aromatic heterocycles. The normalized spacial score (nSPS) is 10.3. The van der Waals surface area contributed by atoms with Gasteiger partial charge in [-0.1, -0.05) is 42.5 Å². The first-order valence-electron chi connectivity index (χ1n) is 7.79. The summed E-state index contributed by atoms with van der Waals surface area (Å²) < 4.78 is 11.3. The van der Waals surface area contributed by atoms with Crippen molar-refractivity contribution in [1.82, 2.24) is 0 Å². The van der Waals surface area contributed by atoms with Gasteiger partial charge in [0.05, 0.1) is 6.61 Å². The van der Waals surface area contributed by atoms with E-state index in [0.717, 1.165) is 35.2 Å². The number of halogens is 1. The fourth-order valence-electron chi connectivity index (χ4n) is 2.27. The first kappa shape index (κ1) is 17.4. The van der Waals surface area contributed by atoms with Crippen LogP contribution < -0.4 is 14.8 Å². The van der Waals surface area contributed by atoms with Crippen LogP contribution in [0.3, 0.4) is 0 Å². The Kier molecular flexibility index (Phi) is 6.98. The van der Waals surface area contributed by atoms with Gasteiger partial charge in [-0.05, 0) is 31.2 Å². The minimum absolute atomic E-state index is 0.470. The van der Waals surface area contributed by atoms with E-state index < -0.39 is 0 Å². The predicted octanol–water partition coefficient (Wildman–Crippen LogP) is 3.57. The van der Waals surface area contributed by atoms with Crippen molar-refractivity contribution in [3.63, 3.8) is 0 Å². The molecule has 2 aromatic rings. The van der Waals surface area contributed by atoms with Gasteiger partial charge in [0.25, 0.3) is 0 Å². The fourth-order valence-corrected chi connectivity index (χ4v) is 2.49. The Hall–Kier alpha value is -1.97. The van der Waals surface area contributed by atoms with Crippen LogP contribution in [0.25, 0.3) is 0 Å². The minimum Gasteiger partial charge on any atom is -0.490 e. The van der Waals surface area contributed by atoms with Crippen molar-refractivity contribution >= 4 is 11.6 Å². The lowest BCUT2D eigenvalue weighted by atomic mass is 10.2. The maximum atomic E-state index is 6.18. The van der Waals surface area contributed by atoms with Crippen LogP contribution in [0.2, 0.25) is 5.02 Å². The highest BCUT2D eigenvalue weighted by atomic mass is 35.5. The maximum absolute atomic E-state index is 6.18. The van der Waals surface area contributed by atoms with Gasteiger partial charge in [0.15, 0.2) is 11.5 Å². The van der Waals surface area contributed by atoms with E-state index >= 15 is 0 Å². The number of rotatable bonds is 9.